The fourth-order valence-corrected chi connectivity index (χ4v) is 1.15. The second-order valence-electron chi connectivity index (χ2n) is 2.71. The maximum atomic E-state index is 9.49. The van der Waals surface area contributed by atoms with E-state index in [2.05, 4.69) is 0 Å². The molecule has 1 rings (SSSR count). The van der Waals surface area contributed by atoms with Crippen LogP contribution in [-0.2, 0) is 6.61 Å². The first-order chi connectivity index (χ1) is 6.11. The van der Waals surface area contributed by atoms with Crippen LogP contribution >= 0.6 is 0 Å². The lowest BCUT2D eigenvalue weighted by Crippen LogP contribution is -1.93. The Morgan fingerprint density at radius 3 is 2.46 bits per heavy atom. The molecule has 1 aromatic rings. The van der Waals surface area contributed by atoms with E-state index >= 15 is 0 Å². The van der Waals surface area contributed by atoms with Gasteiger partial charge >= 0.3 is 0 Å². The van der Waals surface area contributed by atoms with E-state index in [9.17, 15) is 10.2 Å². The molecule has 4 heteroatoms. The highest BCUT2D eigenvalue weighted by atomic mass is 16.5. The van der Waals surface area contributed by atoms with E-state index in [1.165, 1.54) is 13.2 Å². The van der Waals surface area contributed by atoms with Gasteiger partial charge in [0.05, 0.1) is 19.3 Å². The third-order valence-electron chi connectivity index (χ3n) is 1.97. The highest BCUT2D eigenvalue weighted by Gasteiger charge is 2.13. The minimum atomic E-state index is -0.400. The maximum absolute atomic E-state index is 9.49. The Kier molecular flexibility index (Phi) is 2.63. The van der Waals surface area contributed by atoms with E-state index in [0.29, 0.717) is 11.3 Å². The van der Waals surface area contributed by atoms with Gasteiger partial charge in [0.15, 0.2) is 0 Å². The zero-order valence-electron chi connectivity index (χ0n) is 7.53. The minimum Gasteiger partial charge on any atom is -0.507 e. The Hall–Kier alpha value is -1.42. The molecule has 0 aliphatic carbocycles. The number of methoxy groups -OCH3 is 1. The third kappa shape index (κ3) is 1.53. The molecule has 0 aliphatic heterocycles. The van der Waals surface area contributed by atoms with Crippen molar-refractivity contribution in [1.29, 1.82) is 0 Å². The van der Waals surface area contributed by atoms with E-state index < -0.39 is 6.61 Å². The van der Waals surface area contributed by atoms with Crippen molar-refractivity contribution in [2.75, 3.05) is 7.11 Å². The first-order valence-corrected chi connectivity index (χ1v) is 3.81. The highest BCUT2D eigenvalue weighted by Crippen LogP contribution is 2.36. The van der Waals surface area contributed by atoms with Gasteiger partial charge in [-0.25, -0.2) is 0 Å². The topological polar surface area (TPSA) is 69.9 Å². The lowest BCUT2D eigenvalue weighted by Gasteiger charge is -2.11. The molecule has 0 spiro atoms. The van der Waals surface area contributed by atoms with E-state index in [-0.39, 0.29) is 17.1 Å². The number of aliphatic hydroxyl groups is 1. The van der Waals surface area contributed by atoms with Crippen LogP contribution in [0, 0.1) is 6.92 Å². The molecule has 0 bridgehead atoms. The molecule has 0 radical (unpaired) electrons. The van der Waals surface area contributed by atoms with Gasteiger partial charge in [0.1, 0.15) is 17.2 Å². The van der Waals surface area contributed by atoms with Crippen LogP contribution in [-0.4, -0.2) is 22.4 Å². The Morgan fingerprint density at radius 2 is 2.00 bits per heavy atom. The van der Waals surface area contributed by atoms with Crippen LogP contribution in [0.5, 0.6) is 17.2 Å². The predicted molar refractivity (Wildman–Crippen MR) is 47.0 cm³/mol. The van der Waals surface area contributed by atoms with Crippen molar-refractivity contribution in [3.8, 4) is 17.2 Å². The molecular formula is C9H12O4. The molecule has 0 atom stereocenters. The summed E-state index contributed by atoms with van der Waals surface area (Å²) in [6, 6.07) is 1.36. The minimum absolute atomic E-state index is 0.123. The molecular weight excluding hydrogens is 172 g/mol. The zero-order chi connectivity index (χ0) is 10.0. The summed E-state index contributed by atoms with van der Waals surface area (Å²) >= 11 is 0. The van der Waals surface area contributed by atoms with Gasteiger partial charge in [-0.05, 0) is 6.92 Å². The van der Waals surface area contributed by atoms with Crippen LogP contribution in [0.1, 0.15) is 11.1 Å². The summed E-state index contributed by atoms with van der Waals surface area (Å²) in [6.45, 7) is 1.25. The summed E-state index contributed by atoms with van der Waals surface area (Å²) in [5.41, 5.74) is 0.627. The number of ether oxygens (including phenoxy) is 1. The molecule has 72 valence electrons. The largest absolute Gasteiger partial charge is 0.507 e. The predicted octanol–water partition coefficient (Wildman–Crippen LogP) is 0.907. The molecule has 4 nitrogen and oxygen atoms in total. The highest BCUT2D eigenvalue weighted by molar-refractivity contribution is 5.55. The van der Waals surface area contributed by atoms with Crippen molar-refractivity contribution in [1.82, 2.24) is 0 Å². The molecule has 0 saturated carbocycles. The molecule has 3 N–H and O–H groups in total. The smallest absolute Gasteiger partial charge is 0.131 e. The van der Waals surface area contributed by atoms with Gasteiger partial charge in [-0.2, -0.15) is 0 Å². The monoisotopic (exact) mass is 184 g/mol. The van der Waals surface area contributed by atoms with Gasteiger partial charge in [0.2, 0.25) is 0 Å². The zero-order valence-corrected chi connectivity index (χ0v) is 7.53. The molecule has 0 aliphatic rings. The first-order valence-electron chi connectivity index (χ1n) is 3.81. The fraction of sp³-hybridized carbons (Fsp3) is 0.333. The Balaban J connectivity index is 3.37. The van der Waals surface area contributed by atoms with Crippen molar-refractivity contribution in [3.63, 3.8) is 0 Å². The summed E-state index contributed by atoms with van der Waals surface area (Å²) < 4.78 is 4.90. The lowest BCUT2D eigenvalue weighted by molar-refractivity contribution is 0.267. The number of hydrogen-bond donors (Lipinski definition) is 3. The summed E-state index contributed by atoms with van der Waals surface area (Å²) in [6.07, 6.45) is 0. The molecule has 1 aromatic carbocycles. The van der Waals surface area contributed by atoms with Gasteiger partial charge in [-0.15, -0.1) is 0 Å². The van der Waals surface area contributed by atoms with Crippen molar-refractivity contribution in [2.24, 2.45) is 0 Å². The second-order valence-corrected chi connectivity index (χ2v) is 2.71. The number of benzene rings is 1. The number of phenols is 2. The van der Waals surface area contributed by atoms with Crippen LogP contribution in [0.3, 0.4) is 0 Å². The summed E-state index contributed by atoms with van der Waals surface area (Å²) in [4.78, 5) is 0. The molecule has 0 fully saturated rings. The van der Waals surface area contributed by atoms with E-state index in [1.54, 1.807) is 6.92 Å². The van der Waals surface area contributed by atoms with Crippen molar-refractivity contribution in [2.45, 2.75) is 13.5 Å². The number of aromatic hydroxyl groups is 2. The Morgan fingerprint density at radius 1 is 1.38 bits per heavy atom. The van der Waals surface area contributed by atoms with Crippen molar-refractivity contribution >= 4 is 0 Å². The quantitative estimate of drug-likeness (QED) is 0.638. The fourth-order valence-electron chi connectivity index (χ4n) is 1.15. The van der Waals surface area contributed by atoms with E-state index in [0.717, 1.165) is 0 Å². The third-order valence-corrected chi connectivity index (χ3v) is 1.97. The summed E-state index contributed by atoms with van der Waals surface area (Å²) in [5.74, 6) is 0.106. The molecule has 0 amide bonds. The number of aliphatic hydroxyl groups excluding tert-OH is 1. The Labute approximate surface area is 76.0 Å². The van der Waals surface area contributed by atoms with Gasteiger partial charge in [-0.3, -0.25) is 0 Å². The number of rotatable bonds is 2. The second kappa shape index (κ2) is 3.53. The molecule has 0 aromatic heterocycles. The lowest BCUT2D eigenvalue weighted by atomic mass is 10.1. The molecule has 0 heterocycles. The van der Waals surface area contributed by atoms with Gasteiger partial charge in [0, 0.05) is 11.6 Å². The van der Waals surface area contributed by atoms with Gasteiger partial charge in [-0.1, -0.05) is 0 Å². The summed E-state index contributed by atoms with van der Waals surface area (Å²) in [5, 5.41) is 27.6. The Bertz CT molecular complexity index is 320. The molecule has 13 heavy (non-hydrogen) atoms. The van der Waals surface area contributed by atoms with Gasteiger partial charge < -0.3 is 20.1 Å². The van der Waals surface area contributed by atoms with Crippen LogP contribution in [0.4, 0.5) is 0 Å². The van der Waals surface area contributed by atoms with Crippen molar-refractivity contribution in [3.05, 3.63) is 17.2 Å². The van der Waals surface area contributed by atoms with Crippen LogP contribution < -0.4 is 4.74 Å². The normalized spacial score (nSPS) is 10.1. The van der Waals surface area contributed by atoms with Crippen LogP contribution in [0.2, 0.25) is 0 Å². The van der Waals surface area contributed by atoms with Crippen LogP contribution in [0.25, 0.3) is 0 Å². The molecule has 0 saturated heterocycles. The average Bonchev–Trinajstić information content (AvgIpc) is 2.12. The molecule has 0 unspecified atom stereocenters. The first kappa shape index (κ1) is 9.67. The summed E-state index contributed by atoms with van der Waals surface area (Å²) in [7, 11) is 1.44. The standard InChI is InChI=1S/C9H12O4/c1-5-8(13-2)3-7(11)6(4-10)9(5)12/h3,10-12H,4H2,1-2H3. The van der Waals surface area contributed by atoms with Gasteiger partial charge in [0.25, 0.3) is 0 Å². The van der Waals surface area contributed by atoms with Crippen LogP contribution in [0.15, 0.2) is 6.07 Å². The SMILES string of the molecule is COc1cc(O)c(CO)c(O)c1C. The number of hydrogen-bond acceptors (Lipinski definition) is 4. The van der Waals surface area contributed by atoms with Crippen molar-refractivity contribution < 1.29 is 20.1 Å². The van der Waals surface area contributed by atoms with E-state index in [4.69, 9.17) is 9.84 Å². The maximum Gasteiger partial charge on any atom is 0.131 e. The van der Waals surface area contributed by atoms with E-state index in [1.807, 2.05) is 0 Å². The average molecular weight is 184 g/mol.